The van der Waals surface area contributed by atoms with Crippen LogP contribution in [0.5, 0.6) is 5.75 Å². The third kappa shape index (κ3) is 14.4. The van der Waals surface area contributed by atoms with Crippen molar-refractivity contribution in [2.75, 3.05) is 32.2 Å². The van der Waals surface area contributed by atoms with Gasteiger partial charge in [-0.05, 0) is 74.7 Å². The van der Waals surface area contributed by atoms with E-state index >= 15 is 0 Å². The molecular weight excluding hydrogens is 888 g/mol. The number of hydrogen-bond donors (Lipinski definition) is 1. The van der Waals surface area contributed by atoms with Gasteiger partial charge in [0.05, 0.1) is 48.8 Å². The molecule has 1 unspecified atom stereocenters. The van der Waals surface area contributed by atoms with Gasteiger partial charge in [-0.1, -0.05) is 121 Å². The van der Waals surface area contributed by atoms with Crippen molar-refractivity contribution in [1.29, 1.82) is 5.26 Å². The highest BCUT2D eigenvalue weighted by Gasteiger charge is 2.63. The number of rotatable bonds is 30. The van der Waals surface area contributed by atoms with Crippen LogP contribution in [0.25, 0.3) is 5.52 Å². The molecule has 2 aromatic heterocycles. The lowest BCUT2D eigenvalue weighted by molar-refractivity contribution is -0.217. The maximum absolute atomic E-state index is 15.0. The molecule has 0 amide bonds. The summed E-state index contributed by atoms with van der Waals surface area (Å²) in [5, 5.41) is 14.1. The van der Waals surface area contributed by atoms with Gasteiger partial charge >= 0.3 is 7.82 Å². The molecular formula is C49H68ClFN5O9P. The zero-order chi connectivity index (χ0) is 47.0. The van der Waals surface area contributed by atoms with E-state index in [1.807, 2.05) is 39.0 Å². The molecule has 66 heavy (non-hydrogen) atoms. The molecule has 4 aromatic rings. The van der Waals surface area contributed by atoms with Crippen LogP contribution in [-0.4, -0.2) is 70.7 Å². The molecule has 0 radical (unpaired) electrons. The largest absolute Gasteiger partial charge is 0.530 e. The number of halogens is 2. The normalized spacial score (nSPS) is 21.4. The zero-order valence-corrected chi connectivity index (χ0v) is 40.6. The molecule has 2 fully saturated rings. The second kappa shape index (κ2) is 25.1. The number of nitrogen functional groups attached to an aromatic ring is 1. The Morgan fingerprint density at radius 2 is 1.61 bits per heavy atom. The Kier molecular flexibility index (Phi) is 19.6. The van der Waals surface area contributed by atoms with Crippen molar-refractivity contribution >= 4 is 30.8 Å². The minimum atomic E-state index is -4.56. The lowest BCUT2D eigenvalue weighted by Crippen LogP contribution is -2.46. The molecule has 2 saturated heterocycles. The number of phosphoric acid groups is 1. The van der Waals surface area contributed by atoms with Gasteiger partial charge in [0.1, 0.15) is 53.4 Å². The zero-order valence-electron chi connectivity index (χ0n) is 39.0. The molecule has 0 bridgehead atoms. The van der Waals surface area contributed by atoms with Gasteiger partial charge in [0.25, 0.3) is 0 Å². The maximum atomic E-state index is 15.0. The first-order chi connectivity index (χ1) is 31.9. The van der Waals surface area contributed by atoms with Crippen LogP contribution in [-0.2, 0) is 43.9 Å². The number of ether oxygens (including phenoxy) is 5. The first kappa shape index (κ1) is 51.7. The van der Waals surface area contributed by atoms with Crippen molar-refractivity contribution < 1.29 is 46.2 Å². The summed E-state index contributed by atoms with van der Waals surface area (Å²) in [5.74, 6) is -1.17. The van der Waals surface area contributed by atoms with Gasteiger partial charge in [-0.15, -0.1) is 0 Å². The molecule has 0 spiro atoms. The summed E-state index contributed by atoms with van der Waals surface area (Å²) < 4.78 is 81.5. The lowest BCUT2D eigenvalue weighted by atomic mass is 9.92. The number of para-hydroxylation sites is 1. The fraction of sp³-hybridized carbons (Fsp3) is 0.612. The molecule has 2 N–H and O–H groups in total. The van der Waals surface area contributed by atoms with E-state index in [0.29, 0.717) is 35.6 Å². The first-order valence-corrected chi connectivity index (χ1v) is 25.6. The van der Waals surface area contributed by atoms with Crippen molar-refractivity contribution in [3.8, 4) is 11.8 Å². The average molecular weight is 957 g/mol. The summed E-state index contributed by atoms with van der Waals surface area (Å²) in [7, 11) is -4.56. The minimum Gasteiger partial charge on any atom is -0.402 e. The number of nitriles is 1. The number of anilines is 1. The van der Waals surface area contributed by atoms with Gasteiger partial charge in [0.15, 0.2) is 11.6 Å². The maximum Gasteiger partial charge on any atom is 0.530 e. The second-order valence-electron chi connectivity index (χ2n) is 17.8. The topological polar surface area (TPSA) is 171 Å². The molecule has 2 aromatic carbocycles. The summed E-state index contributed by atoms with van der Waals surface area (Å²) in [6.07, 6.45) is 16.4. The third-order valence-electron chi connectivity index (χ3n) is 12.2. The molecule has 2 aliphatic heterocycles. The number of nitrogens with two attached hydrogens (primary N) is 1. The molecule has 6 atom stereocenters. The average Bonchev–Trinajstić information content (AvgIpc) is 3.97. The SMILES string of the molecule is CCCCCCCCCCCCCCCCOC[C@@H](COP(=O)(OC[C@@]1(CC)O[C@@H](c2ccc3c(N)ncnn23)[C@@H]2OC(C)(C)O[C@@H]21)Oc1ccccc1Cl)OCc1cc(F)cc(C#N)c1. The van der Waals surface area contributed by atoms with Gasteiger partial charge in [-0.2, -0.15) is 10.4 Å². The Morgan fingerprint density at radius 3 is 2.29 bits per heavy atom. The predicted molar refractivity (Wildman–Crippen MR) is 250 cm³/mol. The molecule has 4 heterocycles. The van der Waals surface area contributed by atoms with Crippen LogP contribution >= 0.6 is 19.4 Å². The van der Waals surface area contributed by atoms with E-state index in [1.54, 1.807) is 34.8 Å². The summed E-state index contributed by atoms with van der Waals surface area (Å²) in [6, 6.07) is 16.2. The number of benzene rings is 2. The molecule has 14 nitrogen and oxygen atoms in total. The fourth-order valence-electron chi connectivity index (χ4n) is 8.59. The number of hydrogen-bond acceptors (Lipinski definition) is 13. The summed E-state index contributed by atoms with van der Waals surface area (Å²) in [6.45, 7) is 7.68. The summed E-state index contributed by atoms with van der Waals surface area (Å²) in [5.41, 5.74) is 6.82. The van der Waals surface area contributed by atoms with E-state index < -0.39 is 49.4 Å². The molecule has 17 heteroatoms. The second-order valence-corrected chi connectivity index (χ2v) is 19.8. The molecule has 2 aliphatic rings. The Bertz CT molecular complexity index is 2230. The third-order valence-corrected chi connectivity index (χ3v) is 13.8. The van der Waals surface area contributed by atoms with E-state index in [4.69, 9.17) is 54.6 Å². The standard InChI is InChI=1S/C49H68ClFN5O9P/c1-5-7-8-9-10-11-12-13-14-15-16-17-18-21-26-58-32-39(59-31-37-27-36(30-52)28-38(51)29-37)33-60-66(57,65-43-23-20-19-22-40(43)50)61-34-49(6-2)46-45(62-48(3,4)64-46)44(63-49)41-24-25-42-47(53)54-35-55-56(41)42/h19-20,22-25,27-29,35,39,44-46H,5-18,21,26,31-34H2,1-4H3,(H2,53,54,55)/t39-,44-,45-,46-,49+,66?/m0/s1. The van der Waals surface area contributed by atoms with Crippen molar-refractivity contribution in [1.82, 2.24) is 14.6 Å². The molecule has 0 aliphatic carbocycles. The van der Waals surface area contributed by atoms with Crippen LogP contribution in [0, 0.1) is 17.1 Å². The van der Waals surface area contributed by atoms with Gasteiger partial charge in [0.2, 0.25) is 0 Å². The Hall–Kier alpha value is -3.68. The highest BCUT2D eigenvalue weighted by Crippen LogP contribution is 2.56. The van der Waals surface area contributed by atoms with Crippen LogP contribution < -0.4 is 10.3 Å². The Labute approximate surface area is 394 Å². The predicted octanol–water partition coefficient (Wildman–Crippen LogP) is 12.0. The van der Waals surface area contributed by atoms with Crippen molar-refractivity contribution in [2.45, 2.75) is 166 Å². The van der Waals surface area contributed by atoms with E-state index in [2.05, 4.69) is 17.0 Å². The number of fused-ring (bicyclic) bond motifs is 2. The molecule has 0 saturated carbocycles. The van der Waals surface area contributed by atoms with Gasteiger partial charge in [0, 0.05) is 6.61 Å². The highest BCUT2D eigenvalue weighted by molar-refractivity contribution is 7.49. The van der Waals surface area contributed by atoms with Gasteiger partial charge in [-0.25, -0.2) is 18.5 Å². The Morgan fingerprint density at radius 1 is 0.909 bits per heavy atom. The van der Waals surface area contributed by atoms with Crippen molar-refractivity contribution in [3.05, 3.63) is 88.6 Å². The highest BCUT2D eigenvalue weighted by atomic mass is 35.5. The van der Waals surface area contributed by atoms with Gasteiger partial charge in [-0.3, -0.25) is 9.05 Å². The van der Waals surface area contributed by atoms with Crippen LogP contribution in [0.2, 0.25) is 5.02 Å². The van der Waals surface area contributed by atoms with Crippen LogP contribution in [0.15, 0.2) is 60.9 Å². The molecule has 362 valence electrons. The number of unbranched alkanes of at least 4 members (excludes halogenated alkanes) is 13. The quantitative estimate of drug-likeness (QED) is 0.0387. The number of phosphoric ester groups is 1. The van der Waals surface area contributed by atoms with Crippen molar-refractivity contribution in [2.24, 2.45) is 0 Å². The van der Waals surface area contributed by atoms with Crippen molar-refractivity contribution in [3.63, 3.8) is 0 Å². The monoisotopic (exact) mass is 955 g/mol. The number of aromatic nitrogens is 3. The van der Waals surface area contributed by atoms with Gasteiger partial charge < -0.3 is 33.9 Å². The van der Waals surface area contributed by atoms with E-state index in [9.17, 15) is 14.2 Å². The smallest absolute Gasteiger partial charge is 0.402 e. The van der Waals surface area contributed by atoms with E-state index in [0.717, 1.165) is 25.3 Å². The minimum absolute atomic E-state index is 0.0675. The van der Waals surface area contributed by atoms with E-state index in [1.165, 1.54) is 83.0 Å². The summed E-state index contributed by atoms with van der Waals surface area (Å²) >= 11 is 6.51. The summed E-state index contributed by atoms with van der Waals surface area (Å²) in [4.78, 5) is 4.12. The molecule has 6 rings (SSSR count). The van der Waals surface area contributed by atoms with Crippen LogP contribution in [0.4, 0.5) is 10.2 Å². The number of nitrogens with zero attached hydrogens (tertiary/aromatic N) is 4. The van der Waals surface area contributed by atoms with E-state index in [-0.39, 0.29) is 42.8 Å². The van der Waals surface area contributed by atoms with Crippen LogP contribution in [0.1, 0.15) is 147 Å². The first-order valence-electron chi connectivity index (χ1n) is 23.7. The lowest BCUT2D eigenvalue weighted by Gasteiger charge is -2.34. The fourth-order valence-corrected chi connectivity index (χ4v) is 10.1. The Balaban J connectivity index is 1.11. The van der Waals surface area contributed by atoms with Crippen LogP contribution in [0.3, 0.4) is 0 Å².